The first-order valence-electron chi connectivity index (χ1n) is 12.1. The van der Waals surface area contributed by atoms with Gasteiger partial charge in [0.15, 0.2) is 5.13 Å². The molecule has 1 aliphatic heterocycles. The second-order valence-corrected chi connectivity index (χ2v) is 12.1. The van der Waals surface area contributed by atoms with Crippen molar-refractivity contribution in [3.05, 3.63) is 78.1 Å². The average molecular weight is 537 g/mol. The monoisotopic (exact) mass is 536 g/mol. The molecule has 0 bridgehead atoms. The summed E-state index contributed by atoms with van der Waals surface area (Å²) in [7, 11) is -1.98. The number of aromatic nitrogens is 2. The Hall–Kier alpha value is -3.34. The molecule has 8 nitrogen and oxygen atoms in total. The molecule has 2 aromatic heterocycles. The number of rotatable bonds is 7. The molecule has 0 aliphatic carbocycles. The molecule has 0 N–H and O–H groups in total. The molecular weight excluding hydrogens is 508 g/mol. The lowest BCUT2D eigenvalue weighted by Crippen LogP contribution is -2.44. The zero-order valence-electron chi connectivity index (χ0n) is 20.7. The number of anilines is 1. The van der Waals surface area contributed by atoms with Crippen LogP contribution in [0.2, 0.25) is 0 Å². The smallest absolute Gasteiger partial charge is 0.243 e. The SMILES string of the molecule is COc1ccc2nc(N(Cc3cccnc3)C(=O)C3CCN(S(=O)(=O)c4ccc(C)cc4)CC3)sc2c1. The van der Waals surface area contributed by atoms with E-state index in [0.717, 1.165) is 27.1 Å². The Morgan fingerprint density at radius 1 is 1.14 bits per heavy atom. The van der Waals surface area contributed by atoms with E-state index in [2.05, 4.69) is 4.98 Å². The molecule has 0 atom stereocenters. The lowest BCUT2D eigenvalue weighted by molar-refractivity contribution is -0.123. The van der Waals surface area contributed by atoms with Gasteiger partial charge >= 0.3 is 0 Å². The first kappa shape index (κ1) is 25.3. The van der Waals surface area contributed by atoms with E-state index in [1.54, 1.807) is 48.7 Å². The van der Waals surface area contributed by atoms with E-state index < -0.39 is 10.0 Å². The van der Waals surface area contributed by atoms with Crippen LogP contribution >= 0.6 is 11.3 Å². The molecule has 1 saturated heterocycles. The molecule has 0 radical (unpaired) electrons. The number of hydrogen-bond donors (Lipinski definition) is 0. The minimum absolute atomic E-state index is 0.0535. The predicted octanol–water partition coefficient (Wildman–Crippen LogP) is 4.64. The van der Waals surface area contributed by atoms with E-state index in [9.17, 15) is 13.2 Å². The van der Waals surface area contributed by atoms with Crippen LogP contribution < -0.4 is 9.64 Å². The summed E-state index contributed by atoms with van der Waals surface area (Å²) in [6, 6.07) is 16.3. The van der Waals surface area contributed by atoms with Crippen molar-refractivity contribution >= 4 is 42.6 Å². The fourth-order valence-electron chi connectivity index (χ4n) is 4.47. The summed E-state index contributed by atoms with van der Waals surface area (Å²) >= 11 is 1.44. The molecule has 1 amide bonds. The molecule has 10 heteroatoms. The average Bonchev–Trinajstić information content (AvgIpc) is 3.35. The number of carbonyl (C=O) groups is 1. The third kappa shape index (κ3) is 5.36. The van der Waals surface area contributed by atoms with Gasteiger partial charge in [-0.25, -0.2) is 13.4 Å². The van der Waals surface area contributed by atoms with E-state index in [1.165, 1.54) is 15.6 Å². The van der Waals surface area contributed by atoms with Crippen LogP contribution in [0.25, 0.3) is 10.2 Å². The number of piperidine rings is 1. The van der Waals surface area contributed by atoms with Crippen molar-refractivity contribution in [2.24, 2.45) is 5.92 Å². The number of fused-ring (bicyclic) bond motifs is 1. The van der Waals surface area contributed by atoms with Crippen LogP contribution in [0, 0.1) is 12.8 Å². The predicted molar refractivity (Wildman–Crippen MR) is 144 cm³/mol. The number of aryl methyl sites for hydroxylation is 1. The highest BCUT2D eigenvalue weighted by Gasteiger charge is 2.35. The Balaban J connectivity index is 1.37. The van der Waals surface area contributed by atoms with Gasteiger partial charge in [0.25, 0.3) is 0 Å². The van der Waals surface area contributed by atoms with Gasteiger partial charge in [0, 0.05) is 31.4 Å². The molecule has 192 valence electrons. The van der Waals surface area contributed by atoms with Crippen molar-refractivity contribution < 1.29 is 17.9 Å². The molecule has 0 unspecified atom stereocenters. The number of methoxy groups -OCH3 is 1. The van der Waals surface area contributed by atoms with E-state index in [-0.39, 0.29) is 16.7 Å². The number of carbonyl (C=O) groups excluding carboxylic acids is 1. The summed E-state index contributed by atoms with van der Waals surface area (Å²) in [5.41, 5.74) is 2.70. The summed E-state index contributed by atoms with van der Waals surface area (Å²) in [5.74, 6) is 0.375. The van der Waals surface area contributed by atoms with Gasteiger partial charge in [0.2, 0.25) is 15.9 Å². The summed E-state index contributed by atoms with van der Waals surface area (Å²) in [4.78, 5) is 24.8. The number of benzene rings is 2. The van der Waals surface area contributed by atoms with Crippen LogP contribution in [-0.2, 0) is 21.4 Å². The zero-order chi connectivity index (χ0) is 26.0. The summed E-state index contributed by atoms with van der Waals surface area (Å²) < 4.78 is 34.0. The van der Waals surface area contributed by atoms with Crippen molar-refractivity contribution in [2.75, 3.05) is 25.1 Å². The Morgan fingerprint density at radius 3 is 2.57 bits per heavy atom. The molecule has 4 aromatic rings. The van der Waals surface area contributed by atoms with Gasteiger partial charge in [-0.05, 0) is 61.7 Å². The fraction of sp³-hybridized carbons (Fsp3) is 0.296. The number of pyridine rings is 1. The minimum Gasteiger partial charge on any atom is -0.497 e. The molecule has 37 heavy (non-hydrogen) atoms. The maximum atomic E-state index is 13.8. The Morgan fingerprint density at radius 2 is 1.89 bits per heavy atom. The minimum atomic E-state index is -3.59. The first-order valence-corrected chi connectivity index (χ1v) is 14.3. The van der Waals surface area contributed by atoms with Crippen molar-refractivity contribution in [1.82, 2.24) is 14.3 Å². The van der Waals surface area contributed by atoms with Crippen LogP contribution in [0.4, 0.5) is 5.13 Å². The Kier molecular flexibility index (Phi) is 7.23. The number of sulfonamides is 1. The Labute approximate surface area is 220 Å². The quantitative estimate of drug-likeness (QED) is 0.342. The molecule has 5 rings (SSSR count). The van der Waals surface area contributed by atoms with Gasteiger partial charge in [-0.15, -0.1) is 0 Å². The van der Waals surface area contributed by atoms with Crippen molar-refractivity contribution in [3.8, 4) is 5.75 Å². The van der Waals surface area contributed by atoms with Gasteiger partial charge in [0.05, 0.1) is 28.8 Å². The summed E-state index contributed by atoms with van der Waals surface area (Å²) in [5, 5.41) is 0.604. The van der Waals surface area contributed by atoms with E-state index >= 15 is 0 Å². The van der Waals surface area contributed by atoms with Crippen LogP contribution in [0.5, 0.6) is 5.75 Å². The maximum Gasteiger partial charge on any atom is 0.243 e. The largest absolute Gasteiger partial charge is 0.497 e. The van der Waals surface area contributed by atoms with Gasteiger partial charge in [-0.2, -0.15) is 4.31 Å². The molecule has 1 fully saturated rings. The number of nitrogens with zero attached hydrogens (tertiary/aromatic N) is 4. The fourth-order valence-corrected chi connectivity index (χ4v) is 6.94. The van der Waals surface area contributed by atoms with Crippen molar-refractivity contribution in [1.29, 1.82) is 0 Å². The van der Waals surface area contributed by atoms with Crippen LogP contribution in [-0.4, -0.2) is 48.8 Å². The molecule has 3 heterocycles. The highest BCUT2D eigenvalue weighted by molar-refractivity contribution is 7.89. The number of ether oxygens (including phenoxy) is 1. The third-order valence-electron chi connectivity index (χ3n) is 6.61. The molecular formula is C27H28N4O4S2. The zero-order valence-corrected chi connectivity index (χ0v) is 22.3. The normalized spacial score (nSPS) is 15.1. The third-order valence-corrected chi connectivity index (χ3v) is 9.56. The van der Waals surface area contributed by atoms with Gasteiger partial charge < -0.3 is 4.74 Å². The van der Waals surface area contributed by atoms with Crippen LogP contribution in [0.3, 0.4) is 0 Å². The van der Waals surface area contributed by atoms with Gasteiger partial charge in [0.1, 0.15) is 5.75 Å². The lowest BCUT2D eigenvalue weighted by atomic mass is 9.96. The Bertz CT molecular complexity index is 1500. The van der Waals surface area contributed by atoms with E-state index in [4.69, 9.17) is 9.72 Å². The standard InChI is InChI=1S/C27H28N4O4S2/c1-19-5-8-23(9-6-19)37(33,34)30-14-11-21(12-15-30)26(32)31(18-20-4-3-13-28-17-20)27-29-24-10-7-22(35-2)16-25(24)36-27/h3-10,13,16-17,21H,11-12,14-15,18H2,1-2H3. The highest BCUT2D eigenvalue weighted by Crippen LogP contribution is 2.34. The number of thiazole rings is 1. The van der Waals surface area contributed by atoms with Gasteiger partial charge in [-0.3, -0.25) is 14.7 Å². The first-order chi connectivity index (χ1) is 17.8. The van der Waals surface area contributed by atoms with Crippen molar-refractivity contribution in [3.63, 3.8) is 0 Å². The highest BCUT2D eigenvalue weighted by atomic mass is 32.2. The summed E-state index contributed by atoms with van der Waals surface area (Å²) in [6.07, 6.45) is 4.34. The van der Waals surface area contributed by atoms with Crippen molar-refractivity contribution in [2.45, 2.75) is 31.2 Å². The lowest BCUT2D eigenvalue weighted by Gasteiger charge is -2.33. The molecule has 0 saturated carbocycles. The topological polar surface area (TPSA) is 92.7 Å². The number of hydrogen-bond acceptors (Lipinski definition) is 7. The second kappa shape index (κ2) is 10.6. The molecule has 0 spiro atoms. The van der Waals surface area contributed by atoms with Crippen LogP contribution in [0.15, 0.2) is 71.9 Å². The summed E-state index contributed by atoms with van der Waals surface area (Å²) in [6.45, 7) is 2.85. The second-order valence-electron chi connectivity index (χ2n) is 9.11. The van der Waals surface area contributed by atoms with E-state index in [1.807, 2.05) is 37.3 Å². The number of amides is 1. The van der Waals surface area contributed by atoms with Crippen LogP contribution in [0.1, 0.15) is 24.0 Å². The van der Waals surface area contributed by atoms with Gasteiger partial charge in [-0.1, -0.05) is 35.1 Å². The molecule has 2 aromatic carbocycles. The molecule has 1 aliphatic rings. The van der Waals surface area contributed by atoms with E-state index in [0.29, 0.717) is 37.6 Å². The maximum absolute atomic E-state index is 13.8.